The third-order valence-corrected chi connectivity index (χ3v) is 13.7. The molecule has 0 radical (unpaired) electrons. The summed E-state index contributed by atoms with van der Waals surface area (Å²) in [5, 5.41) is 4.15. The third-order valence-electron chi connectivity index (χ3n) is 13.7. The van der Waals surface area contributed by atoms with Crippen LogP contribution in [-0.2, 0) is 0 Å². The van der Waals surface area contributed by atoms with Crippen LogP contribution in [0, 0.1) is 0 Å². The van der Waals surface area contributed by atoms with E-state index >= 15 is 0 Å². The Kier molecular flexibility index (Phi) is 9.99. The van der Waals surface area contributed by atoms with Crippen LogP contribution in [-0.4, -0.2) is 39.5 Å². The van der Waals surface area contributed by atoms with Gasteiger partial charge in [0.25, 0.3) is 0 Å². The van der Waals surface area contributed by atoms with E-state index in [4.69, 9.17) is 34.9 Å². The summed E-state index contributed by atoms with van der Waals surface area (Å²) in [6.07, 6.45) is 7.39. The van der Waals surface area contributed by atoms with Crippen molar-refractivity contribution in [3.05, 3.63) is 243 Å². The summed E-state index contributed by atoms with van der Waals surface area (Å²) in [5.74, 6) is 0.813. The van der Waals surface area contributed by atoms with E-state index in [1.54, 1.807) is 0 Å². The van der Waals surface area contributed by atoms with Crippen LogP contribution < -0.4 is 0 Å². The van der Waals surface area contributed by atoms with Crippen molar-refractivity contribution in [3.8, 4) is 84.4 Å². The fraction of sp³-hybridized carbons (Fsp3) is 0. The first-order valence-corrected chi connectivity index (χ1v) is 24.3. The molecule has 0 spiro atoms. The number of hydrogen-bond donors (Lipinski definition) is 0. The number of fused-ring (bicyclic) bond motifs is 5. The van der Waals surface area contributed by atoms with Crippen molar-refractivity contribution in [3.63, 3.8) is 0 Å². The van der Waals surface area contributed by atoms with Gasteiger partial charge in [0.05, 0.1) is 55.9 Å². The van der Waals surface area contributed by atoms with Crippen LogP contribution in [0.1, 0.15) is 0 Å². The number of pyridine rings is 6. The predicted octanol–water partition coefficient (Wildman–Crippen LogP) is 15.7. The normalized spacial score (nSPS) is 11.6. The van der Waals surface area contributed by atoms with Crippen LogP contribution in [0.5, 0.6) is 0 Å². The van der Waals surface area contributed by atoms with Crippen molar-refractivity contribution >= 4 is 54.6 Å². The molecule has 0 saturated carbocycles. The van der Waals surface area contributed by atoms with Crippen molar-refractivity contribution in [2.75, 3.05) is 0 Å². The number of rotatable bonds is 8. The molecule has 0 bridgehead atoms. The lowest BCUT2D eigenvalue weighted by atomic mass is 9.92. The molecule has 7 heterocycles. The quantitative estimate of drug-likeness (QED) is 0.150. The lowest BCUT2D eigenvalue weighted by Gasteiger charge is -2.17. The molecule has 0 saturated heterocycles. The Morgan fingerprint density at radius 1 is 0.274 bits per heavy atom. The molecular formula is C65H40N8. The molecule has 0 aliphatic carbocycles. The van der Waals surface area contributed by atoms with Crippen LogP contribution in [0.4, 0.5) is 0 Å². The van der Waals surface area contributed by atoms with Crippen LogP contribution in [0.15, 0.2) is 243 Å². The fourth-order valence-corrected chi connectivity index (χ4v) is 10.3. The van der Waals surface area contributed by atoms with E-state index in [0.717, 1.165) is 139 Å². The molecule has 0 aliphatic heterocycles. The van der Waals surface area contributed by atoms with Gasteiger partial charge in [-0.1, -0.05) is 127 Å². The summed E-state index contributed by atoms with van der Waals surface area (Å²) >= 11 is 0. The van der Waals surface area contributed by atoms with Gasteiger partial charge < -0.3 is 0 Å². The molecule has 0 unspecified atom stereocenters. The Hall–Kier alpha value is -10.1. The molecule has 0 aliphatic rings. The fourth-order valence-electron chi connectivity index (χ4n) is 10.3. The number of para-hydroxylation sites is 7. The van der Waals surface area contributed by atoms with Gasteiger partial charge in [0.1, 0.15) is 5.82 Å². The van der Waals surface area contributed by atoms with Gasteiger partial charge in [-0.15, -0.1) is 0 Å². The van der Waals surface area contributed by atoms with Gasteiger partial charge in [0.2, 0.25) is 0 Å². The highest BCUT2D eigenvalue weighted by Gasteiger charge is 2.21. The zero-order valence-corrected chi connectivity index (χ0v) is 39.2. The van der Waals surface area contributed by atoms with Gasteiger partial charge in [0, 0.05) is 79.8 Å². The summed E-state index contributed by atoms with van der Waals surface area (Å²) in [4.78, 5) is 36.0. The number of hydrogen-bond acceptors (Lipinski definition) is 7. The first-order valence-electron chi connectivity index (χ1n) is 24.3. The van der Waals surface area contributed by atoms with E-state index in [-0.39, 0.29) is 0 Å². The number of aromatic nitrogens is 8. The molecule has 0 fully saturated rings. The lowest BCUT2D eigenvalue weighted by molar-refractivity contribution is 1.10. The van der Waals surface area contributed by atoms with E-state index in [2.05, 4.69) is 187 Å². The van der Waals surface area contributed by atoms with Gasteiger partial charge in [-0.3, -0.25) is 24.5 Å². The highest BCUT2D eigenvalue weighted by molar-refractivity contribution is 5.99. The maximum absolute atomic E-state index is 5.47. The van der Waals surface area contributed by atoms with E-state index in [1.165, 1.54) is 0 Å². The zero-order valence-electron chi connectivity index (χ0n) is 39.2. The summed E-state index contributed by atoms with van der Waals surface area (Å²) < 4.78 is 2.26. The summed E-state index contributed by atoms with van der Waals surface area (Å²) in [6.45, 7) is 0. The first-order chi connectivity index (χ1) is 36.2. The molecule has 0 N–H and O–H groups in total. The summed E-state index contributed by atoms with van der Waals surface area (Å²) in [7, 11) is 0. The second kappa shape index (κ2) is 17.4. The second-order valence-corrected chi connectivity index (χ2v) is 18.2. The average molecular weight is 933 g/mol. The molecular weight excluding hydrogens is 893 g/mol. The van der Waals surface area contributed by atoms with E-state index in [9.17, 15) is 0 Å². The predicted molar refractivity (Wildman–Crippen MR) is 296 cm³/mol. The maximum Gasteiger partial charge on any atom is 0.145 e. The minimum absolute atomic E-state index is 0.800. The number of benzene rings is 7. The highest BCUT2D eigenvalue weighted by atomic mass is 15.1. The van der Waals surface area contributed by atoms with Crippen molar-refractivity contribution in [1.82, 2.24) is 39.5 Å². The second-order valence-electron chi connectivity index (χ2n) is 18.2. The lowest BCUT2D eigenvalue weighted by Crippen LogP contribution is -1.99. The minimum Gasteiger partial charge on any atom is -0.292 e. The number of imidazole rings is 1. The average Bonchev–Trinajstić information content (AvgIpc) is 3.86. The molecule has 73 heavy (non-hydrogen) atoms. The standard InChI is InChI=1S/C65H40N8/c1-2-22-50(23-3-1)73-60-29-5-4-28-55(60)72-65(73)49-35-45(47-37-56(51-24-6-14-41-18-10-30-66-61(41)51)70-57(38-47)52-25-7-15-42-19-11-31-67-62(42)52)34-46(36-49)48-39-58(53-26-8-16-43-20-12-32-68-63(43)53)71-59(40-48)54-27-9-17-44-21-13-33-69-64(44)54/h1-40H. The largest absolute Gasteiger partial charge is 0.292 e. The topological polar surface area (TPSA) is 95.2 Å². The van der Waals surface area contributed by atoms with E-state index in [1.807, 2.05) is 61.2 Å². The third kappa shape index (κ3) is 7.44. The maximum atomic E-state index is 5.47. The van der Waals surface area contributed by atoms with Crippen LogP contribution in [0.2, 0.25) is 0 Å². The Bertz CT molecular complexity index is 4030. The molecule has 7 aromatic heterocycles. The Balaban J connectivity index is 1.08. The molecule has 7 aromatic carbocycles. The van der Waals surface area contributed by atoms with Crippen LogP contribution >= 0.6 is 0 Å². The highest BCUT2D eigenvalue weighted by Crippen LogP contribution is 2.41. The summed E-state index contributed by atoms with van der Waals surface area (Å²) in [6, 6.07) is 75.8. The van der Waals surface area contributed by atoms with Gasteiger partial charge >= 0.3 is 0 Å². The monoisotopic (exact) mass is 932 g/mol. The van der Waals surface area contributed by atoms with Crippen molar-refractivity contribution in [2.45, 2.75) is 0 Å². The van der Waals surface area contributed by atoms with Crippen molar-refractivity contribution in [2.24, 2.45) is 0 Å². The molecule has 340 valence electrons. The van der Waals surface area contributed by atoms with Gasteiger partial charge in [-0.25, -0.2) is 15.0 Å². The van der Waals surface area contributed by atoms with Crippen molar-refractivity contribution < 1.29 is 0 Å². The van der Waals surface area contributed by atoms with Gasteiger partial charge in [-0.2, -0.15) is 0 Å². The Morgan fingerprint density at radius 2 is 0.630 bits per heavy atom. The molecule has 0 atom stereocenters. The smallest absolute Gasteiger partial charge is 0.145 e. The van der Waals surface area contributed by atoms with E-state index in [0.29, 0.717) is 0 Å². The molecule has 8 heteroatoms. The van der Waals surface area contributed by atoms with E-state index < -0.39 is 0 Å². The Labute approximate surface area is 419 Å². The molecule has 14 rings (SSSR count). The molecule has 14 aromatic rings. The van der Waals surface area contributed by atoms with Gasteiger partial charge in [-0.05, 0) is 113 Å². The van der Waals surface area contributed by atoms with Crippen LogP contribution in [0.3, 0.4) is 0 Å². The van der Waals surface area contributed by atoms with Crippen LogP contribution in [0.25, 0.3) is 139 Å². The zero-order chi connectivity index (χ0) is 48.2. The van der Waals surface area contributed by atoms with Crippen molar-refractivity contribution in [1.29, 1.82) is 0 Å². The first kappa shape index (κ1) is 41.9. The van der Waals surface area contributed by atoms with Gasteiger partial charge in [0.15, 0.2) is 0 Å². The molecule has 0 amide bonds. The molecule has 8 nitrogen and oxygen atoms in total. The number of nitrogens with zero attached hydrogens (tertiary/aromatic N) is 8. The SMILES string of the molecule is c1ccc(-n2c(-c3cc(-c4cc(-c5cccc6cccnc56)nc(-c5cccc6cccnc56)c4)cc(-c4cc(-c5cccc6cccnc56)nc(-c5cccc6cccnc56)c4)c3)nc3ccccc32)cc1. The Morgan fingerprint density at radius 3 is 1.05 bits per heavy atom. The minimum atomic E-state index is 0.800. The summed E-state index contributed by atoms with van der Waals surface area (Å²) in [5.41, 5.74) is 18.2.